The number of morpholine rings is 1. The molecule has 0 bridgehead atoms. The topological polar surface area (TPSA) is 73.6 Å². The van der Waals surface area contributed by atoms with Gasteiger partial charge in [-0.05, 0) is 0 Å². The van der Waals surface area contributed by atoms with E-state index in [2.05, 4.69) is 0 Å². The number of nitriles is 1. The van der Waals surface area contributed by atoms with Gasteiger partial charge in [-0.1, -0.05) is 0 Å². The number of hydrogen-bond acceptors (Lipinski definition) is 4. The van der Waals surface area contributed by atoms with Crippen molar-refractivity contribution in [2.75, 3.05) is 39.9 Å². The lowest BCUT2D eigenvalue weighted by Gasteiger charge is -2.27. The highest BCUT2D eigenvalue weighted by Crippen LogP contribution is 2.01. The molecule has 0 unspecified atom stereocenters. The molecule has 0 aliphatic carbocycles. The Hall–Kier alpha value is -1.61. The van der Waals surface area contributed by atoms with Crippen LogP contribution in [-0.2, 0) is 14.3 Å². The van der Waals surface area contributed by atoms with Gasteiger partial charge in [-0.25, -0.2) is 0 Å². The molecule has 0 spiro atoms. The van der Waals surface area contributed by atoms with Gasteiger partial charge in [0.05, 0.1) is 19.1 Å². The van der Waals surface area contributed by atoms with Crippen LogP contribution in [0.15, 0.2) is 0 Å². The summed E-state index contributed by atoms with van der Waals surface area (Å²) in [4.78, 5) is 26.2. The second-order valence-electron chi connectivity index (χ2n) is 3.91. The minimum atomic E-state index is -0.0660. The van der Waals surface area contributed by atoms with Crippen molar-refractivity contribution in [1.82, 2.24) is 9.80 Å². The Labute approximate surface area is 101 Å². The first-order valence-electron chi connectivity index (χ1n) is 5.61. The Bertz CT molecular complexity index is 324. The predicted octanol–water partition coefficient (Wildman–Crippen LogP) is -0.393. The molecule has 1 heterocycles. The summed E-state index contributed by atoms with van der Waals surface area (Å²) in [5.74, 6) is -0.108. The summed E-state index contributed by atoms with van der Waals surface area (Å²) in [6.45, 7) is 2.06. The maximum Gasteiger partial charge on any atom is 0.248 e. The van der Waals surface area contributed by atoms with E-state index < -0.39 is 0 Å². The summed E-state index contributed by atoms with van der Waals surface area (Å²) in [5.41, 5.74) is 0. The van der Waals surface area contributed by atoms with E-state index in [-0.39, 0.29) is 18.4 Å². The first kappa shape index (κ1) is 13.5. The van der Waals surface area contributed by atoms with Crippen LogP contribution in [0.3, 0.4) is 0 Å². The van der Waals surface area contributed by atoms with Crippen LogP contribution in [0.5, 0.6) is 0 Å². The molecule has 0 aromatic carbocycles. The highest BCUT2D eigenvalue weighted by Gasteiger charge is 2.19. The van der Waals surface area contributed by atoms with Gasteiger partial charge in [0.15, 0.2) is 0 Å². The van der Waals surface area contributed by atoms with Crippen LogP contribution in [0.4, 0.5) is 0 Å². The van der Waals surface area contributed by atoms with Gasteiger partial charge >= 0.3 is 0 Å². The fraction of sp³-hybridized carbons (Fsp3) is 0.727. The standard InChI is InChI=1S/C11H17N3O3/c1-13(5-2-4-12)10(15)3-6-14-7-8-17-9-11(14)16/h2-3,5-9H2,1H3. The van der Waals surface area contributed by atoms with Crippen molar-refractivity contribution in [1.29, 1.82) is 5.26 Å². The molecule has 1 aliphatic heterocycles. The van der Waals surface area contributed by atoms with Gasteiger partial charge in [0.25, 0.3) is 0 Å². The summed E-state index contributed by atoms with van der Waals surface area (Å²) in [6.07, 6.45) is 0.631. The Balaban J connectivity index is 2.27. The van der Waals surface area contributed by atoms with Gasteiger partial charge in [-0.2, -0.15) is 5.26 Å². The maximum absolute atomic E-state index is 11.6. The monoisotopic (exact) mass is 239 g/mol. The first-order chi connectivity index (χ1) is 8.15. The molecule has 2 amide bonds. The largest absolute Gasteiger partial charge is 0.370 e. The summed E-state index contributed by atoms with van der Waals surface area (Å²) < 4.78 is 5.00. The molecule has 1 rings (SSSR count). The van der Waals surface area contributed by atoms with Crippen LogP contribution in [0.2, 0.25) is 0 Å². The van der Waals surface area contributed by atoms with Gasteiger partial charge in [-0.3, -0.25) is 9.59 Å². The zero-order valence-electron chi connectivity index (χ0n) is 10.0. The summed E-state index contributed by atoms with van der Waals surface area (Å²) >= 11 is 0. The van der Waals surface area contributed by atoms with Gasteiger partial charge < -0.3 is 14.5 Å². The minimum Gasteiger partial charge on any atom is -0.370 e. The van der Waals surface area contributed by atoms with Crippen molar-refractivity contribution in [3.05, 3.63) is 0 Å². The molecule has 1 saturated heterocycles. The van der Waals surface area contributed by atoms with E-state index in [0.29, 0.717) is 39.1 Å². The van der Waals surface area contributed by atoms with Gasteiger partial charge in [0.1, 0.15) is 6.61 Å². The Morgan fingerprint density at radius 1 is 1.65 bits per heavy atom. The van der Waals surface area contributed by atoms with Gasteiger partial charge in [0, 0.05) is 33.1 Å². The first-order valence-corrected chi connectivity index (χ1v) is 5.61. The average molecular weight is 239 g/mol. The Morgan fingerprint density at radius 2 is 2.41 bits per heavy atom. The Kier molecular flexibility index (Phi) is 5.43. The van der Waals surface area contributed by atoms with Crippen LogP contribution < -0.4 is 0 Å². The van der Waals surface area contributed by atoms with Crippen LogP contribution in [0, 0.1) is 11.3 Å². The van der Waals surface area contributed by atoms with E-state index in [1.807, 2.05) is 6.07 Å². The number of nitrogens with zero attached hydrogens (tertiary/aromatic N) is 3. The molecule has 0 atom stereocenters. The van der Waals surface area contributed by atoms with E-state index in [4.69, 9.17) is 10.00 Å². The number of hydrogen-bond donors (Lipinski definition) is 0. The van der Waals surface area contributed by atoms with Crippen LogP contribution in [0.25, 0.3) is 0 Å². The van der Waals surface area contributed by atoms with Crippen LogP contribution in [0.1, 0.15) is 12.8 Å². The van der Waals surface area contributed by atoms with Crippen molar-refractivity contribution in [3.63, 3.8) is 0 Å². The molecule has 94 valence electrons. The highest BCUT2D eigenvalue weighted by molar-refractivity contribution is 5.80. The molecule has 6 heteroatoms. The number of carbonyl (C=O) groups is 2. The predicted molar refractivity (Wildman–Crippen MR) is 59.9 cm³/mol. The SMILES string of the molecule is CN(CCC#N)C(=O)CCN1CCOCC1=O. The second-order valence-corrected chi connectivity index (χ2v) is 3.91. The second kappa shape index (κ2) is 6.86. The molecule has 0 N–H and O–H groups in total. The zero-order chi connectivity index (χ0) is 12.7. The number of rotatable bonds is 5. The van der Waals surface area contributed by atoms with Crippen molar-refractivity contribution in [2.24, 2.45) is 0 Å². The molecule has 1 fully saturated rings. The van der Waals surface area contributed by atoms with E-state index in [9.17, 15) is 9.59 Å². The lowest BCUT2D eigenvalue weighted by molar-refractivity contribution is -0.143. The normalized spacial score (nSPS) is 15.5. The summed E-state index contributed by atoms with van der Waals surface area (Å²) in [6, 6.07) is 1.99. The third-order valence-electron chi connectivity index (χ3n) is 2.66. The lowest BCUT2D eigenvalue weighted by Crippen LogP contribution is -2.43. The molecule has 0 aromatic heterocycles. The van der Waals surface area contributed by atoms with Crippen molar-refractivity contribution < 1.29 is 14.3 Å². The molecular weight excluding hydrogens is 222 g/mol. The molecule has 17 heavy (non-hydrogen) atoms. The lowest BCUT2D eigenvalue weighted by atomic mass is 10.3. The van der Waals surface area contributed by atoms with Crippen molar-refractivity contribution >= 4 is 11.8 Å². The highest BCUT2D eigenvalue weighted by atomic mass is 16.5. The Morgan fingerprint density at radius 3 is 3.06 bits per heavy atom. The van der Waals surface area contributed by atoms with Gasteiger partial charge in [-0.15, -0.1) is 0 Å². The fourth-order valence-corrected chi connectivity index (χ4v) is 1.55. The maximum atomic E-state index is 11.6. The van der Waals surface area contributed by atoms with E-state index >= 15 is 0 Å². The summed E-state index contributed by atoms with van der Waals surface area (Å²) in [7, 11) is 1.67. The fourth-order valence-electron chi connectivity index (χ4n) is 1.55. The number of amides is 2. The summed E-state index contributed by atoms with van der Waals surface area (Å²) in [5, 5.41) is 8.41. The number of ether oxygens (including phenoxy) is 1. The molecule has 6 nitrogen and oxygen atoms in total. The third-order valence-corrected chi connectivity index (χ3v) is 2.66. The molecule has 1 aliphatic rings. The van der Waals surface area contributed by atoms with Crippen LogP contribution in [-0.4, -0.2) is 61.5 Å². The van der Waals surface area contributed by atoms with E-state index in [1.54, 1.807) is 11.9 Å². The van der Waals surface area contributed by atoms with E-state index in [0.717, 1.165) is 0 Å². The minimum absolute atomic E-state index is 0.0421. The van der Waals surface area contributed by atoms with Gasteiger partial charge in [0.2, 0.25) is 11.8 Å². The smallest absolute Gasteiger partial charge is 0.248 e. The molecule has 0 aromatic rings. The van der Waals surface area contributed by atoms with E-state index in [1.165, 1.54) is 4.90 Å². The third kappa shape index (κ3) is 4.41. The van der Waals surface area contributed by atoms with Crippen molar-refractivity contribution in [2.45, 2.75) is 12.8 Å². The molecule has 0 radical (unpaired) electrons. The molecular formula is C11H17N3O3. The average Bonchev–Trinajstić information content (AvgIpc) is 2.34. The van der Waals surface area contributed by atoms with Crippen LogP contribution >= 0.6 is 0 Å². The number of carbonyl (C=O) groups excluding carboxylic acids is 2. The molecule has 0 saturated carbocycles. The zero-order valence-corrected chi connectivity index (χ0v) is 10.0. The quantitative estimate of drug-likeness (QED) is 0.654. The van der Waals surface area contributed by atoms with Crippen molar-refractivity contribution in [3.8, 4) is 6.07 Å².